The minimum Gasteiger partial charge on any atom is -0.464 e. The number of rotatable bonds is 8. The number of pyridine rings is 1. The fourth-order valence-corrected chi connectivity index (χ4v) is 12.8. The number of amides is 4. The number of nitrogens with one attached hydrogen (secondary N) is 2. The zero-order chi connectivity index (χ0) is 47.3. The molecule has 4 aliphatic heterocycles. The molecule has 4 amide bonds. The smallest absolute Gasteiger partial charge is 0.324 e. The molecule has 16 nitrogen and oxygen atoms in total. The molecule has 0 saturated carbocycles. The van der Waals surface area contributed by atoms with E-state index in [9.17, 15) is 27.6 Å². The Bertz CT molecular complexity index is 2610. The normalized spacial score (nSPS) is 22.6. The Kier molecular flexibility index (Phi) is 13.4. The average molecular weight is 945 g/mol. The lowest BCUT2D eigenvalue weighted by molar-refractivity contribution is -0.155. The van der Waals surface area contributed by atoms with Gasteiger partial charge in [-0.3, -0.25) is 24.4 Å². The van der Waals surface area contributed by atoms with Crippen LogP contribution >= 0.6 is 11.3 Å². The van der Waals surface area contributed by atoms with E-state index >= 15 is 0 Å². The molecule has 1 unspecified atom stereocenters. The standard InChI is InChI=1S/C48H64N8O8S2/c1-9-54-38-15-14-31-24-33(38)34(42(54)32-12-10-19-49-40(32)30(4)63-8)26-47(5,6)28-64-45(59)35-13-11-20-56(52-35)44(58)36(25-39-50-37(31)27-65-39)51-43(57)41(29(2)3)53(7)46(60)55-21-16-48(55)17-22-66(61,62)23-18-48/h10,12,14-15,19,24,27,29-30,35-36,41,52H,9,11,13,16-18,20-23,25-26,28H2,1-8H3,(H,51,57)/t30-,35-,36-,41?/m0/s1. The second-order valence-corrected chi connectivity index (χ2v) is 22.9. The predicted octanol–water partition coefficient (Wildman–Crippen LogP) is 5.93. The van der Waals surface area contributed by atoms with E-state index in [1.54, 1.807) is 25.3 Å². The van der Waals surface area contributed by atoms with Crippen LogP contribution in [0, 0.1) is 11.3 Å². The lowest BCUT2D eigenvalue weighted by Crippen LogP contribution is -2.68. The molecule has 2 N–H and O–H groups in total. The summed E-state index contributed by atoms with van der Waals surface area (Å²) in [4.78, 5) is 70.3. The fourth-order valence-electron chi connectivity index (χ4n) is 10.3. The Morgan fingerprint density at radius 2 is 1.86 bits per heavy atom. The van der Waals surface area contributed by atoms with E-state index < -0.39 is 56.7 Å². The number of carbonyl (C=O) groups excluding carboxylic acids is 4. The van der Waals surface area contributed by atoms with Crippen LogP contribution < -0.4 is 10.7 Å². The van der Waals surface area contributed by atoms with Crippen molar-refractivity contribution in [3.05, 3.63) is 58.2 Å². The lowest BCUT2D eigenvalue weighted by atomic mass is 9.79. The number of methoxy groups -OCH3 is 1. The maximum absolute atomic E-state index is 14.7. The summed E-state index contributed by atoms with van der Waals surface area (Å²) in [6.07, 6.45) is 4.61. The van der Waals surface area contributed by atoms with Crippen LogP contribution in [0.3, 0.4) is 0 Å². The van der Waals surface area contributed by atoms with Crippen molar-refractivity contribution in [2.45, 2.75) is 123 Å². The third-order valence-electron chi connectivity index (χ3n) is 14.1. The number of benzene rings is 1. The molecule has 1 spiro atoms. The molecule has 4 aliphatic rings. The van der Waals surface area contributed by atoms with E-state index in [0.717, 1.165) is 44.7 Å². The van der Waals surface area contributed by atoms with Crippen LogP contribution in [0.4, 0.5) is 4.79 Å². The molecule has 3 aromatic heterocycles. The number of likely N-dealkylation sites (tertiary alicyclic amines) is 1. The number of esters is 1. The number of sulfone groups is 1. The highest BCUT2D eigenvalue weighted by molar-refractivity contribution is 7.91. The zero-order valence-corrected chi connectivity index (χ0v) is 41.0. The highest BCUT2D eigenvalue weighted by Crippen LogP contribution is 2.43. The van der Waals surface area contributed by atoms with Crippen molar-refractivity contribution in [3.63, 3.8) is 0 Å². The van der Waals surface area contributed by atoms with Gasteiger partial charge in [-0.25, -0.2) is 23.6 Å². The number of hydrogen-bond acceptors (Lipinski definition) is 12. The van der Waals surface area contributed by atoms with Crippen molar-refractivity contribution in [3.8, 4) is 22.5 Å². The van der Waals surface area contributed by atoms with Crippen LogP contribution in [-0.4, -0.2) is 131 Å². The van der Waals surface area contributed by atoms with Gasteiger partial charge in [0.1, 0.15) is 28.0 Å². The molecule has 18 heteroatoms. The van der Waals surface area contributed by atoms with E-state index in [1.165, 1.54) is 21.2 Å². The van der Waals surface area contributed by atoms with Gasteiger partial charge >= 0.3 is 12.0 Å². The summed E-state index contributed by atoms with van der Waals surface area (Å²) in [5, 5.41) is 8.08. The van der Waals surface area contributed by atoms with Crippen molar-refractivity contribution in [2.75, 3.05) is 45.4 Å². The second-order valence-electron chi connectivity index (χ2n) is 19.6. The number of likely N-dealkylation sites (N-methyl/N-ethyl adjacent to an activating group) is 1. The maximum atomic E-state index is 14.7. The molecule has 7 heterocycles. The molecule has 1 aromatic carbocycles. The molecule has 4 aromatic rings. The van der Waals surface area contributed by atoms with Crippen LogP contribution in [0.15, 0.2) is 41.9 Å². The number of cyclic esters (lactones) is 1. The van der Waals surface area contributed by atoms with Gasteiger partial charge in [0.05, 0.1) is 46.3 Å². The van der Waals surface area contributed by atoms with Gasteiger partial charge in [0.15, 0.2) is 0 Å². The third kappa shape index (κ3) is 9.22. The van der Waals surface area contributed by atoms with Crippen LogP contribution in [0.5, 0.6) is 0 Å². The van der Waals surface area contributed by atoms with Gasteiger partial charge in [0.2, 0.25) is 5.91 Å². The highest BCUT2D eigenvalue weighted by atomic mass is 32.2. The fraction of sp³-hybridized carbons (Fsp3) is 0.583. The quantitative estimate of drug-likeness (QED) is 0.200. The van der Waals surface area contributed by atoms with Crippen molar-refractivity contribution in [2.24, 2.45) is 11.3 Å². The predicted molar refractivity (Wildman–Crippen MR) is 253 cm³/mol. The van der Waals surface area contributed by atoms with Crippen molar-refractivity contribution >= 4 is 55.9 Å². The molecule has 3 fully saturated rings. The number of carbonyl (C=O) groups is 4. The third-order valence-corrected chi connectivity index (χ3v) is 16.7. The van der Waals surface area contributed by atoms with Crippen LogP contribution in [-0.2, 0) is 53.1 Å². The Morgan fingerprint density at radius 1 is 1.11 bits per heavy atom. The Labute approximate surface area is 391 Å². The average Bonchev–Trinajstić information content (AvgIpc) is 3.88. The van der Waals surface area contributed by atoms with Crippen LogP contribution in [0.1, 0.15) is 96.0 Å². The number of ether oxygens (including phenoxy) is 2. The first-order valence-corrected chi connectivity index (χ1v) is 25.9. The number of urea groups is 1. The van der Waals surface area contributed by atoms with Crippen LogP contribution in [0.25, 0.3) is 33.4 Å². The molecule has 356 valence electrons. The molecular formula is C48H64N8O8S2. The number of aromatic nitrogens is 3. The molecular weight excluding hydrogens is 881 g/mol. The van der Waals surface area contributed by atoms with Gasteiger partial charge in [0, 0.05) is 84.8 Å². The largest absolute Gasteiger partial charge is 0.464 e. The summed E-state index contributed by atoms with van der Waals surface area (Å²) >= 11 is 1.40. The monoisotopic (exact) mass is 944 g/mol. The van der Waals surface area contributed by atoms with Gasteiger partial charge in [-0.15, -0.1) is 11.3 Å². The molecule has 3 saturated heterocycles. The summed E-state index contributed by atoms with van der Waals surface area (Å²) in [5.74, 6) is -1.67. The molecule has 8 rings (SSSR count). The van der Waals surface area contributed by atoms with Crippen LogP contribution in [0.2, 0.25) is 0 Å². The van der Waals surface area contributed by atoms with Gasteiger partial charge in [0.25, 0.3) is 5.91 Å². The number of hydrogen-bond donors (Lipinski definition) is 2. The summed E-state index contributed by atoms with van der Waals surface area (Å²) in [7, 11) is 0.127. The number of fused-ring (bicyclic) bond motifs is 6. The SMILES string of the molecule is CCn1c(-c2cccnc2[C@H](C)OC)c2c3cc(ccc31)-c1csc(n1)C[C@H](NC(=O)C(C(C)C)N(C)C(=O)N1CCC13CCS(=O)(=O)CC3)C(=O)N1CCC[C@H](N1)C(=O)OCC(C)(C)C2. The van der Waals surface area contributed by atoms with E-state index in [1.807, 2.05) is 32.2 Å². The van der Waals surface area contributed by atoms with Gasteiger partial charge < -0.3 is 29.2 Å². The number of aryl methyl sites for hydroxylation is 1. The topological polar surface area (TPSA) is 185 Å². The van der Waals surface area contributed by atoms with Crippen molar-refractivity contribution in [1.29, 1.82) is 0 Å². The Balaban J connectivity index is 1.15. The minimum atomic E-state index is -3.15. The molecule has 0 radical (unpaired) electrons. The first-order valence-electron chi connectivity index (χ1n) is 23.2. The van der Waals surface area contributed by atoms with Gasteiger partial charge in [-0.2, -0.15) is 0 Å². The number of hydrazine groups is 1. The molecule has 6 bridgehead atoms. The molecule has 66 heavy (non-hydrogen) atoms. The van der Waals surface area contributed by atoms with Crippen molar-refractivity contribution in [1.82, 2.24) is 40.1 Å². The van der Waals surface area contributed by atoms with E-state index in [-0.39, 0.29) is 42.6 Å². The highest BCUT2D eigenvalue weighted by Gasteiger charge is 2.52. The van der Waals surface area contributed by atoms with E-state index in [4.69, 9.17) is 19.4 Å². The van der Waals surface area contributed by atoms with Gasteiger partial charge in [-0.05, 0) is 88.1 Å². The number of thiazole rings is 1. The summed E-state index contributed by atoms with van der Waals surface area (Å²) in [6, 6.07) is 7.20. The zero-order valence-electron chi connectivity index (χ0n) is 39.4. The van der Waals surface area contributed by atoms with Gasteiger partial charge in [-0.1, -0.05) is 33.8 Å². The first kappa shape index (κ1) is 47.6. The van der Waals surface area contributed by atoms with Crippen molar-refractivity contribution < 1.29 is 37.1 Å². The summed E-state index contributed by atoms with van der Waals surface area (Å²) in [6.45, 7) is 13.6. The molecule has 4 atom stereocenters. The van der Waals surface area contributed by atoms with E-state index in [2.05, 4.69) is 60.3 Å². The molecule has 0 aliphatic carbocycles. The Hall–Kier alpha value is -4.91. The summed E-state index contributed by atoms with van der Waals surface area (Å²) in [5.41, 5.74) is 8.67. The second kappa shape index (κ2) is 18.6. The first-order chi connectivity index (χ1) is 31.4. The lowest BCUT2D eigenvalue weighted by Gasteiger charge is -2.56. The Morgan fingerprint density at radius 3 is 2.55 bits per heavy atom. The number of nitrogens with zero attached hydrogens (tertiary/aromatic N) is 6. The minimum absolute atomic E-state index is 0.0303. The summed E-state index contributed by atoms with van der Waals surface area (Å²) < 4.78 is 38.8. The van der Waals surface area contributed by atoms with E-state index in [0.29, 0.717) is 63.2 Å². The maximum Gasteiger partial charge on any atom is 0.324 e.